The van der Waals surface area contributed by atoms with Crippen molar-refractivity contribution in [3.05, 3.63) is 65.7 Å². The van der Waals surface area contributed by atoms with Crippen LogP contribution in [-0.4, -0.2) is 123 Å². The Bertz CT molecular complexity index is 1740. The van der Waals surface area contributed by atoms with Crippen LogP contribution in [0.25, 0.3) is 0 Å². The van der Waals surface area contributed by atoms with Gasteiger partial charge in [0.15, 0.2) is 5.84 Å². The van der Waals surface area contributed by atoms with Crippen LogP contribution in [0.15, 0.2) is 59.7 Å². The lowest BCUT2D eigenvalue weighted by atomic mass is 9.84. The number of rotatable bonds is 12. The number of carbonyl (C=O) groups is 3. The van der Waals surface area contributed by atoms with Gasteiger partial charge >= 0.3 is 0 Å². The van der Waals surface area contributed by atoms with Crippen LogP contribution in [0.2, 0.25) is 0 Å². The van der Waals surface area contributed by atoms with Gasteiger partial charge in [-0.2, -0.15) is 0 Å². The summed E-state index contributed by atoms with van der Waals surface area (Å²) in [5.41, 5.74) is 6.33. The van der Waals surface area contributed by atoms with E-state index in [0.717, 1.165) is 11.1 Å². The van der Waals surface area contributed by atoms with E-state index in [4.69, 9.17) is 9.47 Å². The van der Waals surface area contributed by atoms with E-state index in [9.17, 15) is 29.7 Å². The van der Waals surface area contributed by atoms with Crippen molar-refractivity contribution in [1.82, 2.24) is 42.2 Å². The molecule has 9 N–H and O–H groups in total. The maximum absolute atomic E-state index is 14.2. The topological polar surface area (TPSA) is 221 Å². The molecule has 5 unspecified atom stereocenters. The number of carbonyl (C=O) groups excluding carboxylic acids is 3. The van der Waals surface area contributed by atoms with E-state index < -0.39 is 71.6 Å². The van der Waals surface area contributed by atoms with Crippen molar-refractivity contribution in [3.8, 4) is 5.75 Å². The third-order valence-corrected chi connectivity index (χ3v) is 10.7. The highest BCUT2D eigenvalue weighted by Crippen LogP contribution is 2.31. The van der Waals surface area contributed by atoms with E-state index in [1.807, 2.05) is 108 Å². The molecular weight excluding hydrogens is 759 g/mol. The number of amides is 3. The number of aliphatic hydroxyl groups is 3. The van der Waals surface area contributed by atoms with E-state index in [0.29, 0.717) is 44.1 Å². The summed E-state index contributed by atoms with van der Waals surface area (Å²) in [5, 5.41) is 52.5. The Morgan fingerprint density at radius 1 is 1.02 bits per heavy atom. The molecule has 17 nitrogen and oxygen atoms in total. The zero-order chi connectivity index (χ0) is 42.9. The molecule has 0 radical (unpaired) electrons. The average Bonchev–Trinajstić information content (AvgIpc) is 3.86. The van der Waals surface area contributed by atoms with Crippen LogP contribution < -0.4 is 37.1 Å². The maximum Gasteiger partial charge on any atom is 0.237 e. The highest BCUT2D eigenvalue weighted by atomic mass is 16.5. The second-order valence-corrected chi connectivity index (χ2v) is 17.6. The fourth-order valence-electron chi connectivity index (χ4n) is 7.63. The van der Waals surface area contributed by atoms with Crippen molar-refractivity contribution in [2.45, 2.75) is 135 Å². The third kappa shape index (κ3) is 12.3. The lowest BCUT2D eigenvalue weighted by molar-refractivity contribution is -0.137. The quantitative estimate of drug-likeness (QED) is 0.138. The number of amidine groups is 1. The highest BCUT2D eigenvalue weighted by molar-refractivity contribution is 5.93. The molecule has 0 aromatic heterocycles. The molecule has 4 bridgehead atoms. The number of hydrazone groups is 1. The van der Waals surface area contributed by atoms with Crippen LogP contribution in [0.5, 0.6) is 5.75 Å². The van der Waals surface area contributed by atoms with Crippen molar-refractivity contribution in [2.24, 2.45) is 10.5 Å². The van der Waals surface area contributed by atoms with Crippen molar-refractivity contribution < 1.29 is 39.2 Å². The summed E-state index contributed by atoms with van der Waals surface area (Å²) in [7, 11) is 0. The minimum Gasteiger partial charge on any atom is -0.493 e. The molecular formula is C42H65N9O8. The first-order chi connectivity index (χ1) is 28.0. The standard InChI is InChI=1S/C42H65N9O8/c1-8-14-30(35(54)39(56)43-24-33(53)45-34(27-16-10-9-11-17-27)37-47-48-49-51(37)42(5,6)7)44-38(55)31-23-29-25-50(31)40(57)36(41(2,3)4)46-32(52)22-26-15-12-18-28(21-26)58-19-13-20-59-29/h9-12,15-18,21,29-31,34-36,39-40,43,48-49,54,56-57H,8,13-14,19-20,22-25H2,1-7H3,(H,44,55)(H,45,53)(H,46,52)/t29-,30?,31+,34?,35?,36-,39+,40?/m1/s1. The highest BCUT2D eigenvalue weighted by Gasteiger charge is 2.46. The molecule has 2 aromatic carbocycles. The van der Waals surface area contributed by atoms with Crippen LogP contribution >= 0.6 is 0 Å². The molecule has 1 saturated heterocycles. The fraction of sp³-hybridized carbons (Fsp3) is 0.619. The molecule has 3 aliphatic rings. The predicted molar refractivity (Wildman–Crippen MR) is 222 cm³/mol. The molecule has 3 aliphatic heterocycles. The van der Waals surface area contributed by atoms with E-state index in [1.165, 1.54) is 0 Å². The first-order valence-corrected chi connectivity index (χ1v) is 20.7. The van der Waals surface area contributed by atoms with Crippen LogP contribution in [0.1, 0.15) is 91.3 Å². The first-order valence-electron chi connectivity index (χ1n) is 20.7. The molecule has 0 spiro atoms. The van der Waals surface area contributed by atoms with Crippen LogP contribution in [0.3, 0.4) is 0 Å². The summed E-state index contributed by atoms with van der Waals surface area (Å²) >= 11 is 0. The van der Waals surface area contributed by atoms with Gasteiger partial charge < -0.3 is 40.7 Å². The zero-order valence-corrected chi connectivity index (χ0v) is 35.4. The monoisotopic (exact) mass is 823 g/mol. The SMILES string of the molecule is CCCC(NC(=O)[C@@H]1C[C@@H]2CN1C(O)[C@H](C(C)(C)C)NC(=O)Cc1cccc(c1)OCCCO2)C(O)[C@H](O)NCC(=O)NC(C1=NNNN1C(C)(C)C)c1ccccc1. The zero-order valence-electron chi connectivity index (χ0n) is 35.4. The van der Waals surface area contributed by atoms with E-state index in [1.54, 1.807) is 4.90 Å². The first kappa shape index (κ1) is 45.7. The summed E-state index contributed by atoms with van der Waals surface area (Å²) in [6.45, 7) is 14.3. The minimum absolute atomic E-state index is 0.0778. The van der Waals surface area contributed by atoms with Gasteiger partial charge in [-0.25, -0.2) is 5.53 Å². The number of aliphatic hydroxyl groups excluding tert-OH is 3. The Labute approximate surface area is 347 Å². The van der Waals surface area contributed by atoms with Gasteiger partial charge in [-0.3, -0.25) is 29.6 Å². The summed E-state index contributed by atoms with van der Waals surface area (Å²) in [6.07, 6.45) is -2.97. The van der Waals surface area contributed by atoms with Gasteiger partial charge in [0.25, 0.3) is 0 Å². The molecule has 17 heteroatoms. The molecule has 5 rings (SSSR count). The average molecular weight is 824 g/mol. The molecule has 0 saturated carbocycles. The number of hydrazine groups is 2. The van der Waals surface area contributed by atoms with Gasteiger partial charge in [0.05, 0.1) is 55.9 Å². The Hall–Kier alpha value is -4.36. The normalized spacial score (nSPS) is 25.1. The molecule has 1 fully saturated rings. The number of nitrogens with one attached hydrogen (secondary N) is 6. The van der Waals surface area contributed by atoms with E-state index in [-0.39, 0.29) is 31.8 Å². The summed E-state index contributed by atoms with van der Waals surface area (Å²) in [5.74, 6) is -0.0326. The molecule has 3 amide bonds. The van der Waals surface area contributed by atoms with Gasteiger partial charge in [-0.05, 0) is 62.3 Å². The van der Waals surface area contributed by atoms with Gasteiger partial charge in [-0.15, -0.1) is 10.6 Å². The molecule has 3 heterocycles. The number of hydrogen-bond donors (Lipinski definition) is 9. The fourth-order valence-corrected chi connectivity index (χ4v) is 7.63. The van der Waals surface area contributed by atoms with Gasteiger partial charge in [0, 0.05) is 13.0 Å². The third-order valence-electron chi connectivity index (χ3n) is 10.7. The summed E-state index contributed by atoms with van der Waals surface area (Å²) in [4.78, 5) is 42.7. The Balaban J connectivity index is 1.26. The largest absolute Gasteiger partial charge is 0.493 e. The number of ether oxygens (including phenoxy) is 2. The predicted octanol–water partition coefficient (Wildman–Crippen LogP) is 1.17. The van der Waals surface area contributed by atoms with Gasteiger partial charge in [0.1, 0.15) is 30.4 Å². The van der Waals surface area contributed by atoms with E-state index >= 15 is 0 Å². The molecule has 9 atom stereocenters. The second kappa shape index (κ2) is 20.3. The Morgan fingerprint density at radius 3 is 2.46 bits per heavy atom. The minimum atomic E-state index is -1.59. The second-order valence-electron chi connectivity index (χ2n) is 17.6. The number of benzene rings is 2. The van der Waals surface area contributed by atoms with Crippen molar-refractivity contribution in [1.29, 1.82) is 0 Å². The smallest absolute Gasteiger partial charge is 0.237 e. The maximum atomic E-state index is 14.2. The van der Waals surface area contributed by atoms with Crippen molar-refractivity contribution >= 4 is 23.6 Å². The van der Waals surface area contributed by atoms with E-state index in [2.05, 4.69) is 37.4 Å². The number of nitrogens with zero attached hydrogens (tertiary/aromatic N) is 3. The van der Waals surface area contributed by atoms with Crippen molar-refractivity contribution in [3.63, 3.8) is 0 Å². The lowest BCUT2D eigenvalue weighted by Crippen LogP contribution is -2.62. The number of fused-ring (bicyclic) bond motifs is 4. The molecule has 2 aromatic rings. The molecule has 0 aliphatic carbocycles. The van der Waals surface area contributed by atoms with Crippen molar-refractivity contribution in [2.75, 3.05) is 26.3 Å². The summed E-state index contributed by atoms with van der Waals surface area (Å²) in [6, 6.07) is 13.5. The lowest BCUT2D eigenvalue weighted by Gasteiger charge is -2.41. The molecule has 326 valence electrons. The van der Waals surface area contributed by atoms with Crippen LogP contribution in [0.4, 0.5) is 0 Å². The van der Waals surface area contributed by atoms with Gasteiger partial charge in [-0.1, -0.05) is 76.6 Å². The molecule has 59 heavy (non-hydrogen) atoms. The number of hydrogen-bond acceptors (Lipinski definition) is 14. The van der Waals surface area contributed by atoms with Crippen LogP contribution in [0, 0.1) is 5.41 Å². The van der Waals surface area contributed by atoms with Crippen LogP contribution in [-0.2, 0) is 25.5 Å². The van der Waals surface area contributed by atoms with Gasteiger partial charge in [0.2, 0.25) is 17.7 Å². The Morgan fingerprint density at radius 2 is 1.76 bits per heavy atom. The Kier molecular flexibility index (Phi) is 15.7. The summed E-state index contributed by atoms with van der Waals surface area (Å²) < 4.78 is 12.1.